The molecule has 0 bridgehead atoms. The number of rotatable bonds is 6. The van der Waals surface area contributed by atoms with Gasteiger partial charge in [-0.25, -0.2) is 0 Å². The van der Waals surface area contributed by atoms with Gasteiger partial charge in [-0.2, -0.15) is 11.8 Å². The van der Waals surface area contributed by atoms with Crippen molar-refractivity contribution in [3.05, 3.63) is 0 Å². The lowest BCUT2D eigenvalue weighted by Gasteiger charge is -2.02. The Morgan fingerprint density at radius 2 is 1.93 bits per heavy atom. The van der Waals surface area contributed by atoms with E-state index < -0.39 is 18.0 Å². The number of carbonyl (C=O) groups is 2. The highest BCUT2D eigenvalue weighted by molar-refractivity contribution is 7.98. The van der Waals surface area contributed by atoms with E-state index in [1.165, 1.54) is 0 Å². The zero-order valence-corrected chi connectivity index (χ0v) is 9.92. The second-order valence-corrected chi connectivity index (χ2v) is 3.86. The van der Waals surface area contributed by atoms with Crippen LogP contribution in [-0.2, 0) is 9.59 Å². The Kier molecular flexibility index (Phi) is 12.6. The summed E-state index contributed by atoms with van der Waals surface area (Å²) in [5.41, 5.74) is 5.19. The van der Waals surface area contributed by atoms with Gasteiger partial charge in [0.15, 0.2) is 0 Å². The fourth-order valence-corrected chi connectivity index (χ4v) is 1.07. The molecular weight excluding hydrogens is 218 g/mol. The lowest BCUT2D eigenvalue weighted by atomic mass is 10.2. The highest BCUT2D eigenvalue weighted by Gasteiger charge is 2.08. The van der Waals surface area contributed by atoms with Crippen molar-refractivity contribution in [1.82, 2.24) is 0 Å². The largest absolute Gasteiger partial charge is 0.481 e. The SMILES string of the molecule is CCCC(=O)O.CSCC[C@H](N)C(=O)O. The van der Waals surface area contributed by atoms with Crippen molar-refractivity contribution < 1.29 is 19.8 Å². The minimum atomic E-state index is -0.913. The van der Waals surface area contributed by atoms with E-state index in [0.717, 1.165) is 12.2 Å². The van der Waals surface area contributed by atoms with Crippen LogP contribution in [-0.4, -0.2) is 40.2 Å². The maximum atomic E-state index is 10.1. The summed E-state index contributed by atoms with van der Waals surface area (Å²) in [6.45, 7) is 1.84. The number of aliphatic carboxylic acids is 2. The molecule has 0 aliphatic heterocycles. The third kappa shape index (κ3) is 16.0. The maximum absolute atomic E-state index is 10.1. The van der Waals surface area contributed by atoms with Gasteiger partial charge in [0.1, 0.15) is 6.04 Å². The highest BCUT2D eigenvalue weighted by atomic mass is 32.2. The lowest BCUT2D eigenvalue weighted by molar-refractivity contribution is -0.139. The molecule has 0 spiro atoms. The number of thioether (sulfide) groups is 1. The average Bonchev–Trinajstić information content (AvgIpc) is 2.14. The van der Waals surface area contributed by atoms with Crippen LogP contribution < -0.4 is 5.73 Å². The zero-order valence-electron chi connectivity index (χ0n) is 9.10. The van der Waals surface area contributed by atoms with Crippen LogP contribution in [0.4, 0.5) is 0 Å². The Labute approximate surface area is 94.0 Å². The number of hydrogen-bond donors (Lipinski definition) is 3. The molecule has 0 fully saturated rings. The molecule has 15 heavy (non-hydrogen) atoms. The van der Waals surface area contributed by atoms with Crippen LogP contribution in [0, 0.1) is 0 Å². The molecule has 0 aliphatic carbocycles. The van der Waals surface area contributed by atoms with Gasteiger partial charge in [-0.1, -0.05) is 6.92 Å². The summed E-state index contributed by atoms with van der Waals surface area (Å²) in [6, 6.07) is -0.683. The molecule has 0 heterocycles. The third-order valence-corrected chi connectivity index (χ3v) is 2.06. The molecule has 0 aromatic rings. The van der Waals surface area contributed by atoms with Crippen LogP contribution in [0.2, 0.25) is 0 Å². The van der Waals surface area contributed by atoms with Crippen molar-refractivity contribution in [2.75, 3.05) is 12.0 Å². The molecular formula is C9H19NO4S. The predicted molar refractivity (Wildman–Crippen MR) is 61.2 cm³/mol. The molecule has 90 valence electrons. The van der Waals surface area contributed by atoms with Crippen LogP contribution in [0.25, 0.3) is 0 Å². The first-order valence-corrected chi connectivity index (χ1v) is 6.04. The standard InChI is InChI=1S/C5H11NO2S.C4H8O2/c1-9-3-2-4(6)5(7)8;1-2-3-4(5)6/h4H,2-3,6H2,1H3,(H,7,8);2-3H2,1H3,(H,5,6)/t4-;/m0./s1. The minimum absolute atomic E-state index is 0.292. The van der Waals surface area contributed by atoms with Gasteiger partial charge in [0, 0.05) is 6.42 Å². The molecule has 0 aromatic carbocycles. The average molecular weight is 237 g/mol. The predicted octanol–water partition coefficient (Wildman–Crippen LogP) is 1.02. The molecule has 0 radical (unpaired) electrons. The Hall–Kier alpha value is -0.750. The molecule has 0 unspecified atom stereocenters. The van der Waals surface area contributed by atoms with E-state index in [4.69, 9.17) is 15.9 Å². The van der Waals surface area contributed by atoms with E-state index in [-0.39, 0.29) is 0 Å². The summed E-state index contributed by atoms with van der Waals surface area (Å²) < 4.78 is 0. The first-order valence-electron chi connectivity index (χ1n) is 4.64. The highest BCUT2D eigenvalue weighted by Crippen LogP contribution is 1.97. The molecule has 0 amide bonds. The molecule has 5 nitrogen and oxygen atoms in total. The van der Waals surface area contributed by atoms with Crippen LogP contribution in [0.3, 0.4) is 0 Å². The van der Waals surface area contributed by atoms with Gasteiger partial charge < -0.3 is 15.9 Å². The van der Waals surface area contributed by atoms with Gasteiger partial charge >= 0.3 is 11.9 Å². The van der Waals surface area contributed by atoms with Gasteiger partial charge in [-0.3, -0.25) is 9.59 Å². The minimum Gasteiger partial charge on any atom is -0.481 e. The molecule has 0 aliphatic rings. The number of hydrogen-bond acceptors (Lipinski definition) is 4. The van der Waals surface area contributed by atoms with Crippen molar-refractivity contribution >= 4 is 23.7 Å². The van der Waals surface area contributed by atoms with Crippen LogP contribution in [0.1, 0.15) is 26.2 Å². The second kappa shape index (κ2) is 11.3. The van der Waals surface area contributed by atoms with Crippen LogP contribution in [0.15, 0.2) is 0 Å². The number of carboxylic acids is 2. The molecule has 0 saturated carbocycles. The Balaban J connectivity index is 0. The van der Waals surface area contributed by atoms with Crippen LogP contribution in [0.5, 0.6) is 0 Å². The maximum Gasteiger partial charge on any atom is 0.320 e. The van der Waals surface area contributed by atoms with E-state index in [1.807, 2.05) is 13.2 Å². The molecule has 0 rings (SSSR count). The first kappa shape index (κ1) is 16.7. The third-order valence-electron chi connectivity index (χ3n) is 1.41. The van der Waals surface area contributed by atoms with Crippen molar-refractivity contribution in [1.29, 1.82) is 0 Å². The molecule has 0 saturated heterocycles. The van der Waals surface area contributed by atoms with E-state index in [0.29, 0.717) is 12.8 Å². The smallest absolute Gasteiger partial charge is 0.320 e. The molecule has 4 N–H and O–H groups in total. The van der Waals surface area contributed by atoms with Crippen molar-refractivity contribution in [3.63, 3.8) is 0 Å². The fraction of sp³-hybridized carbons (Fsp3) is 0.778. The summed E-state index contributed by atoms with van der Waals surface area (Å²) in [5.74, 6) is -0.811. The molecule has 6 heteroatoms. The molecule has 1 atom stereocenters. The van der Waals surface area contributed by atoms with Crippen molar-refractivity contribution in [2.24, 2.45) is 5.73 Å². The summed E-state index contributed by atoms with van der Waals surface area (Å²) >= 11 is 1.60. The van der Waals surface area contributed by atoms with Crippen molar-refractivity contribution in [3.8, 4) is 0 Å². The number of nitrogens with two attached hydrogens (primary N) is 1. The number of carboxylic acid groups (broad SMARTS) is 2. The second-order valence-electron chi connectivity index (χ2n) is 2.87. The van der Waals surface area contributed by atoms with Gasteiger partial charge in [0.25, 0.3) is 0 Å². The van der Waals surface area contributed by atoms with E-state index in [1.54, 1.807) is 11.8 Å². The van der Waals surface area contributed by atoms with E-state index >= 15 is 0 Å². The summed E-state index contributed by atoms with van der Waals surface area (Å²) in [7, 11) is 0. The summed E-state index contributed by atoms with van der Waals surface area (Å²) in [4.78, 5) is 19.7. The van der Waals surface area contributed by atoms with Gasteiger partial charge in [0.05, 0.1) is 0 Å². The van der Waals surface area contributed by atoms with Crippen LogP contribution >= 0.6 is 11.8 Å². The molecule has 0 aromatic heterocycles. The van der Waals surface area contributed by atoms with Gasteiger partial charge in [-0.05, 0) is 24.9 Å². The Morgan fingerprint density at radius 3 is 2.13 bits per heavy atom. The Bertz CT molecular complexity index is 187. The quantitative estimate of drug-likeness (QED) is 0.637. The fourth-order valence-electron chi connectivity index (χ4n) is 0.582. The first-order chi connectivity index (χ1) is 6.95. The monoisotopic (exact) mass is 237 g/mol. The zero-order chi connectivity index (χ0) is 12.3. The lowest BCUT2D eigenvalue weighted by Crippen LogP contribution is -2.30. The van der Waals surface area contributed by atoms with E-state index in [9.17, 15) is 9.59 Å². The van der Waals surface area contributed by atoms with E-state index in [2.05, 4.69) is 0 Å². The topological polar surface area (TPSA) is 101 Å². The van der Waals surface area contributed by atoms with Crippen molar-refractivity contribution in [2.45, 2.75) is 32.2 Å². The summed E-state index contributed by atoms with van der Waals surface area (Å²) in [6.07, 6.45) is 3.50. The van der Waals surface area contributed by atoms with Gasteiger partial charge in [0.2, 0.25) is 0 Å². The van der Waals surface area contributed by atoms with Gasteiger partial charge in [-0.15, -0.1) is 0 Å². The normalized spacial score (nSPS) is 11.1. The summed E-state index contributed by atoms with van der Waals surface area (Å²) in [5, 5.41) is 16.2. The Morgan fingerprint density at radius 1 is 1.40 bits per heavy atom.